The molecule has 2 aromatic carbocycles. The number of nitrogens with two attached hydrogens (primary N) is 1. The molecule has 0 aliphatic heterocycles. The first kappa shape index (κ1) is 13.5. The maximum absolute atomic E-state index is 12.4. The van der Waals surface area contributed by atoms with Gasteiger partial charge < -0.3 is 5.73 Å². The molecule has 2 nitrogen and oxygen atoms in total. The molecular weight excluding hydrogens is 234 g/mol. The van der Waals surface area contributed by atoms with Gasteiger partial charge in [-0.15, -0.1) is 0 Å². The Morgan fingerprint density at radius 3 is 2.42 bits per heavy atom. The van der Waals surface area contributed by atoms with Crippen molar-refractivity contribution in [2.75, 3.05) is 0 Å². The molecule has 2 rings (SSSR count). The monoisotopic (exact) mass is 253 g/mol. The van der Waals surface area contributed by atoms with Crippen molar-refractivity contribution in [3.8, 4) is 0 Å². The van der Waals surface area contributed by atoms with E-state index in [2.05, 4.69) is 0 Å². The summed E-state index contributed by atoms with van der Waals surface area (Å²) in [6.45, 7) is 3.80. The second-order valence-corrected chi connectivity index (χ2v) is 5.16. The molecule has 2 N–H and O–H groups in total. The average Bonchev–Trinajstić information content (AvgIpc) is 2.39. The van der Waals surface area contributed by atoms with E-state index in [0.29, 0.717) is 6.42 Å². The maximum Gasteiger partial charge on any atom is 0.161 e. The lowest BCUT2D eigenvalue weighted by Gasteiger charge is -2.23. The number of carbonyl (C=O) groups is 1. The van der Waals surface area contributed by atoms with E-state index in [1.54, 1.807) is 6.92 Å². The largest absolute Gasteiger partial charge is 0.315 e. The van der Waals surface area contributed by atoms with Crippen LogP contribution in [0.1, 0.15) is 23.6 Å². The molecule has 0 saturated carbocycles. The van der Waals surface area contributed by atoms with Crippen LogP contribution in [-0.4, -0.2) is 5.78 Å². The van der Waals surface area contributed by atoms with Crippen LogP contribution in [0, 0.1) is 6.92 Å². The first-order valence-electron chi connectivity index (χ1n) is 6.43. The fraction of sp³-hybridized carbons (Fsp3) is 0.235. The Labute approximate surface area is 114 Å². The summed E-state index contributed by atoms with van der Waals surface area (Å²) >= 11 is 0. The Morgan fingerprint density at radius 2 is 1.79 bits per heavy atom. The Kier molecular flexibility index (Phi) is 3.82. The molecule has 0 aliphatic rings. The van der Waals surface area contributed by atoms with Gasteiger partial charge in [0.15, 0.2) is 5.78 Å². The van der Waals surface area contributed by atoms with Gasteiger partial charge in [-0.05, 0) is 25.0 Å². The molecule has 0 radical (unpaired) electrons. The lowest BCUT2D eigenvalue weighted by Crippen LogP contribution is -2.42. The number of carbonyl (C=O) groups excluding carboxylic acids is 1. The number of rotatable bonds is 4. The van der Waals surface area contributed by atoms with Gasteiger partial charge in [-0.25, -0.2) is 0 Å². The van der Waals surface area contributed by atoms with Gasteiger partial charge in [0.2, 0.25) is 0 Å². The molecule has 0 spiro atoms. The third kappa shape index (κ3) is 3.09. The van der Waals surface area contributed by atoms with Crippen molar-refractivity contribution in [1.82, 2.24) is 0 Å². The standard InChI is InChI=1S/C17H19NO/c1-13-7-6-8-14(11-13)12-16(19)17(2,18)15-9-4-3-5-10-15/h3-11H,12,18H2,1-2H3. The molecule has 98 valence electrons. The van der Waals surface area contributed by atoms with Crippen molar-refractivity contribution < 1.29 is 4.79 Å². The molecular formula is C17H19NO. The zero-order valence-corrected chi connectivity index (χ0v) is 11.4. The predicted octanol–water partition coefficient (Wildman–Crippen LogP) is 2.98. The molecule has 0 aromatic heterocycles. The van der Waals surface area contributed by atoms with Crippen molar-refractivity contribution in [1.29, 1.82) is 0 Å². The fourth-order valence-corrected chi connectivity index (χ4v) is 2.14. The highest BCUT2D eigenvalue weighted by Gasteiger charge is 2.29. The summed E-state index contributed by atoms with van der Waals surface area (Å²) in [5, 5.41) is 0. The summed E-state index contributed by atoms with van der Waals surface area (Å²) in [6, 6.07) is 17.5. The van der Waals surface area contributed by atoms with Gasteiger partial charge in [0.25, 0.3) is 0 Å². The zero-order chi connectivity index (χ0) is 13.9. The van der Waals surface area contributed by atoms with Gasteiger partial charge in [0, 0.05) is 6.42 Å². The lowest BCUT2D eigenvalue weighted by molar-refractivity contribution is -0.123. The first-order chi connectivity index (χ1) is 9.00. The van der Waals surface area contributed by atoms with E-state index in [9.17, 15) is 4.79 Å². The Hall–Kier alpha value is -1.93. The van der Waals surface area contributed by atoms with Crippen LogP contribution in [0.15, 0.2) is 54.6 Å². The van der Waals surface area contributed by atoms with Crippen LogP contribution >= 0.6 is 0 Å². The van der Waals surface area contributed by atoms with Crippen LogP contribution in [-0.2, 0) is 16.8 Å². The van der Waals surface area contributed by atoms with E-state index >= 15 is 0 Å². The molecule has 0 heterocycles. The molecule has 0 saturated heterocycles. The van der Waals surface area contributed by atoms with Crippen molar-refractivity contribution in [2.45, 2.75) is 25.8 Å². The predicted molar refractivity (Wildman–Crippen MR) is 77.9 cm³/mol. The minimum Gasteiger partial charge on any atom is -0.315 e. The summed E-state index contributed by atoms with van der Waals surface area (Å²) in [4.78, 5) is 12.4. The van der Waals surface area contributed by atoms with E-state index in [1.165, 1.54) is 0 Å². The van der Waals surface area contributed by atoms with Gasteiger partial charge >= 0.3 is 0 Å². The number of Topliss-reactive ketones (excluding diaryl/α,β-unsaturated/α-hetero) is 1. The van der Waals surface area contributed by atoms with E-state index in [1.807, 2.05) is 61.5 Å². The van der Waals surface area contributed by atoms with Gasteiger partial charge in [0.05, 0.1) is 5.54 Å². The number of ketones is 1. The number of hydrogen-bond donors (Lipinski definition) is 1. The SMILES string of the molecule is Cc1cccc(CC(=O)C(C)(N)c2ccccc2)c1. The molecule has 1 unspecified atom stereocenters. The van der Waals surface area contributed by atoms with Crippen LogP contribution in [0.4, 0.5) is 0 Å². The third-order valence-electron chi connectivity index (χ3n) is 3.40. The summed E-state index contributed by atoms with van der Waals surface area (Å²) in [7, 11) is 0. The summed E-state index contributed by atoms with van der Waals surface area (Å²) in [5.41, 5.74) is 8.30. The summed E-state index contributed by atoms with van der Waals surface area (Å²) in [5.74, 6) is 0.0318. The van der Waals surface area contributed by atoms with Crippen LogP contribution in [0.3, 0.4) is 0 Å². The first-order valence-corrected chi connectivity index (χ1v) is 6.43. The van der Waals surface area contributed by atoms with E-state index < -0.39 is 5.54 Å². The minimum absolute atomic E-state index is 0.0318. The molecule has 0 fully saturated rings. The molecule has 0 bridgehead atoms. The normalized spacial score (nSPS) is 13.8. The highest BCUT2D eigenvalue weighted by molar-refractivity contribution is 5.90. The highest BCUT2D eigenvalue weighted by atomic mass is 16.1. The van der Waals surface area contributed by atoms with E-state index in [-0.39, 0.29) is 5.78 Å². The number of hydrogen-bond acceptors (Lipinski definition) is 2. The summed E-state index contributed by atoms with van der Waals surface area (Å²) < 4.78 is 0. The quantitative estimate of drug-likeness (QED) is 0.910. The Balaban J connectivity index is 2.20. The topological polar surface area (TPSA) is 43.1 Å². The second kappa shape index (κ2) is 5.37. The lowest BCUT2D eigenvalue weighted by atomic mass is 9.85. The number of benzene rings is 2. The van der Waals surface area contributed by atoms with Gasteiger partial charge in [-0.2, -0.15) is 0 Å². The second-order valence-electron chi connectivity index (χ2n) is 5.16. The third-order valence-corrected chi connectivity index (χ3v) is 3.40. The van der Waals surface area contributed by atoms with Crippen molar-refractivity contribution in [3.63, 3.8) is 0 Å². The molecule has 1 atom stereocenters. The van der Waals surface area contributed by atoms with Crippen molar-refractivity contribution in [2.24, 2.45) is 5.73 Å². The van der Waals surface area contributed by atoms with Gasteiger partial charge in [-0.3, -0.25) is 4.79 Å². The maximum atomic E-state index is 12.4. The molecule has 2 aromatic rings. The van der Waals surface area contributed by atoms with Gasteiger partial charge in [0.1, 0.15) is 0 Å². The molecule has 2 heteroatoms. The number of aryl methyl sites for hydroxylation is 1. The van der Waals surface area contributed by atoms with Gasteiger partial charge in [-0.1, -0.05) is 60.2 Å². The Morgan fingerprint density at radius 1 is 1.11 bits per heavy atom. The smallest absolute Gasteiger partial charge is 0.161 e. The highest BCUT2D eigenvalue weighted by Crippen LogP contribution is 2.20. The Bertz CT molecular complexity index is 573. The molecule has 0 aliphatic carbocycles. The van der Waals surface area contributed by atoms with E-state index in [4.69, 9.17) is 5.73 Å². The van der Waals surface area contributed by atoms with Crippen LogP contribution in [0.5, 0.6) is 0 Å². The van der Waals surface area contributed by atoms with Crippen LogP contribution < -0.4 is 5.73 Å². The molecule has 0 amide bonds. The van der Waals surface area contributed by atoms with Crippen molar-refractivity contribution in [3.05, 3.63) is 71.3 Å². The zero-order valence-electron chi connectivity index (χ0n) is 11.4. The van der Waals surface area contributed by atoms with E-state index in [0.717, 1.165) is 16.7 Å². The summed E-state index contributed by atoms with van der Waals surface area (Å²) in [6.07, 6.45) is 0.365. The fourth-order valence-electron chi connectivity index (χ4n) is 2.14. The minimum atomic E-state index is -0.939. The van der Waals surface area contributed by atoms with Crippen LogP contribution in [0.25, 0.3) is 0 Å². The van der Waals surface area contributed by atoms with Crippen molar-refractivity contribution >= 4 is 5.78 Å². The average molecular weight is 253 g/mol. The van der Waals surface area contributed by atoms with Crippen LogP contribution in [0.2, 0.25) is 0 Å². The molecule has 19 heavy (non-hydrogen) atoms.